The summed E-state index contributed by atoms with van der Waals surface area (Å²) < 4.78 is 7.46. The molecule has 2 rings (SSSR count). The normalized spacial score (nSPS) is 19.9. The molecule has 0 aromatic carbocycles. The minimum absolute atomic E-state index is 0.212. The Morgan fingerprint density at radius 3 is 2.87 bits per heavy atom. The van der Waals surface area contributed by atoms with Crippen LogP contribution in [-0.4, -0.2) is 46.5 Å². The van der Waals surface area contributed by atoms with E-state index >= 15 is 0 Å². The molecule has 0 spiro atoms. The van der Waals surface area contributed by atoms with Gasteiger partial charge in [-0.15, -0.1) is 0 Å². The molecular weight excluding hydrogens is 292 g/mol. The Morgan fingerprint density at radius 1 is 1.52 bits per heavy atom. The molecule has 1 aliphatic heterocycles. The van der Waals surface area contributed by atoms with Gasteiger partial charge in [0.05, 0.1) is 6.20 Å². The van der Waals surface area contributed by atoms with E-state index in [1.807, 2.05) is 43.6 Å². The van der Waals surface area contributed by atoms with E-state index in [1.54, 1.807) is 0 Å². The molecule has 6 heteroatoms. The van der Waals surface area contributed by atoms with Crippen molar-refractivity contribution in [3.05, 3.63) is 18.0 Å². The molecule has 2 heterocycles. The van der Waals surface area contributed by atoms with Crippen LogP contribution in [0.25, 0.3) is 0 Å². The van der Waals surface area contributed by atoms with E-state index in [-0.39, 0.29) is 12.1 Å². The molecule has 0 saturated carbocycles. The highest BCUT2D eigenvalue weighted by Gasteiger charge is 2.34. The van der Waals surface area contributed by atoms with Crippen LogP contribution < -0.4 is 5.32 Å². The lowest BCUT2D eigenvalue weighted by molar-refractivity contribution is 0.0285. The smallest absolute Gasteiger partial charge is 0.410 e. The van der Waals surface area contributed by atoms with Crippen LogP contribution in [-0.2, 0) is 11.3 Å². The van der Waals surface area contributed by atoms with E-state index in [0.717, 1.165) is 32.5 Å². The minimum atomic E-state index is -0.446. The van der Waals surface area contributed by atoms with Gasteiger partial charge >= 0.3 is 6.09 Å². The van der Waals surface area contributed by atoms with Crippen LogP contribution in [0.2, 0.25) is 0 Å². The number of ether oxygens (including phenoxy) is 1. The van der Waals surface area contributed by atoms with Gasteiger partial charge in [0.15, 0.2) is 0 Å². The van der Waals surface area contributed by atoms with Gasteiger partial charge in [0.2, 0.25) is 0 Å². The highest BCUT2D eigenvalue weighted by atomic mass is 16.6. The van der Waals surface area contributed by atoms with Crippen molar-refractivity contribution in [1.82, 2.24) is 20.0 Å². The second kappa shape index (κ2) is 7.34. The summed E-state index contributed by atoms with van der Waals surface area (Å²) in [4.78, 5) is 14.0. The molecule has 130 valence electrons. The summed E-state index contributed by atoms with van der Waals surface area (Å²) >= 11 is 0. The van der Waals surface area contributed by atoms with E-state index in [2.05, 4.69) is 23.5 Å². The third kappa shape index (κ3) is 4.70. The highest BCUT2D eigenvalue weighted by Crippen LogP contribution is 2.30. The third-order valence-corrected chi connectivity index (χ3v) is 4.12. The molecule has 2 atom stereocenters. The van der Waals surface area contributed by atoms with Crippen molar-refractivity contribution in [2.24, 2.45) is 5.92 Å². The van der Waals surface area contributed by atoms with Crippen LogP contribution in [0.4, 0.5) is 4.79 Å². The van der Waals surface area contributed by atoms with Crippen LogP contribution >= 0.6 is 0 Å². The van der Waals surface area contributed by atoms with Crippen LogP contribution in [0.15, 0.2) is 12.4 Å². The monoisotopic (exact) mass is 322 g/mol. The first-order valence-electron chi connectivity index (χ1n) is 8.51. The first-order valence-corrected chi connectivity index (χ1v) is 8.51. The predicted molar refractivity (Wildman–Crippen MR) is 90.2 cm³/mol. The first-order chi connectivity index (χ1) is 10.8. The number of aryl methyl sites for hydroxylation is 1. The summed E-state index contributed by atoms with van der Waals surface area (Å²) in [5, 5.41) is 7.81. The summed E-state index contributed by atoms with van der Waals surface area (Å²) in [6.07, 6.45) is 5.88. The van der Waals surface area contributed by atoms with Crippen molar-refractivity contribution >= 4 is 6.09 Å². The molecule has 1 fully saturated rings. The quantitative estimate of drug-likeness (QED) is 0.905. The summed E-state index contributed by atoms with van der Waals surface area (Å²) in [7, 11) is 1.97. The summed E-state index contributed by atoms with van der Waals surface area (Å²) in [5.41, 5.74) is 0.746. The predicted octanol–water partition coefficient (Wildman–Crippen LogP) is 2.81. The molecule has 6 nitrogen and oxygen atoms in total. The van der Waals surface area contributed by atoms with Crippen LogP contribution in [0.5, 0.6) is 0 Å². The topological polar surface area (TPSA) is 59.4 Å². The maximum atomic E-state index is 12.2. The van der Waals surface area contributed by atoms with E-state index in [4.69, 9.17) is 4.74 Å². The van der Waals surface area contributed by atoms with Gasteiger partial charge < -0.3 is 15.0 Å². The maximum absolute atomic E-state index is 12.2. The van der Waals surface area contributed by atoms with E-state index in [1.165, 1.54) is 5.56 Å². The molecule has 2 unspecified atom stereocenters. The number of carbonyl (C=O) groups excluding carboxylic acids is 1. The minimum Gasteiger partial charge on any atom is -0.444 e. The van der Waals surface area contributed by atoms with Gasteiger partial charge in [-0.05, 0) is 46.6 Å². The molecule has 1 aliphatic rings. The van der Waals surface area contributed by atoms with Gasteiger partial charge in [-0.1, -0.05) is 6.92 Å². The molecule has 0 aliphatic carbocycles. The van der Waals surface area contributed by atoms with Crippen molar-refractivity contribution in [1.29, 1.82) is 0 Å². The van der Waals surface area contributed by atoms with Crippen molar-refractivity contribution in [3.8, 4) is 0 Å². The average molecular weight is 322 g/mol. The molecule has 1 amide bonds. The Hall–Kier alpha value is -1.56. The van der Waals surface area contributed by atoms with Gasteiger partial charge in [-0.2, -0.15) is 5.10 Å². The number of likely N-dealkylation sites (tertiary alicyclic amines) is 1. The number of hydrogen-bond donors (Lipinski definition) is 1. The van der Waals surface area contributed by atoms with Crippen molar-refractivity contribution in [2.75, 3.05) is 20.1 Å². The fraction of sp³-hybridized carbons (Fsp3) is 0.765. The van der Waals surface area contributed by atoms with Crippen LogP contribution in [0, 0.1) is 5.92 Å². The Balaban J connectivity index is 1.99. The lowest BCUT2D eigenvalue weighted by Gasteiger charge is -2.25. The van der Waals surface area contributed by atoms with Crippen molar-refractivity contribution < 1.29 is 9.53 Å². The fourth-order valence-corrected chi connectivity index (χ4v) is 3.12. The Kier molecular flexibility index (Phi) is 5.68. The molecule has 1 N–H and O–H groups in total. The van der Waals surface area contributed by atoms with E-state index in [0.29, 0.717) is 5.92 Å². The Labute approximate surface area is 139 Å². The molecule has 0 radical (unpaired) electrons. The Morgan fingerprint density at radius 2 is 2.26 bits per heavy atom. The van der Waals surface area contributed by atoms with Gasteiger partial charge in [-0.25, -0.2) is 4.79 Å². The zero-order chi connectivity index (χ0) is 17.0. The van der Waals surface area contributed by atoms with Gasteiger partial charge in [0.25, 0.3) is 0 Å². The molecule has 1 saturated heterocycles. The summed E-state index contributed by atoms with van der Waals surface area (Å²) in [6, 6.07) is 0.216. The molecule has 1 aromatic rings. The first kappa shape index (κ1) is 17.8. The number of nitrogens with one attached hydrogen (secondary N) is 1. The zero-order valence-corrected chi connectivity index (χ0v) is 15.0. The van der Waals surface area contributed by atoms with Crippen molar-refractivity contribution in [2.45, 2.75) is 58.7 Å². The average Bonchev–Trinajstić information content (AvgIpc) is 3.08. The number of nitrogens with zero attached hydrogens (tertiary/aromatic N) is 3. The highest BCUT2D eigenvalue weighted by molar-refractivity contribution is 5.68. The fourth-order valence-electron chi connectivity index (χ4n) is 3.12. The van der Waals surface area contributed by atoms with Gasteiger partial charge in [0, 0.05) is 37.4 Å². The largest absolute Gasteiger partial charge is 0.444 e. The number of rotatable bonds is 5. The number of amides is 1. The lowest BCUT2D eigenvalue weighted by Crippen LogP contribution is -2.36. The zero-order valence-electron chi connectivity index (χ0n) is 15.0. The number of aromatic nitrogens is 2. The SMILES string of the molecule is CCCn1cc(C(NC)C2CCN(C(=O)OC(C)(C)C)C2)cn1. The standard InChI is InChI=1S/C17H30N4O2/c1-6-8-21-12-14(10-19-21)15(18-5)13-7-9-20(11-13)16(22)23-17(2,3)4/h10,12-13,15,18H,6-9,11H2,1-5H3. The van der Waals surface area contributed by atoms with Crippen LogP contribution in [0.1, 0.15) is 52.1 Å². The summed E-state index contributed by atoms with van der Waals surface area (Å²) in [5.74, 6) is 0.381. The number of hydrogen-bond acceptors (Lipinski definition) is 4. The maximum Gasteiger partial charge on any atom is 0.410 e. The van der Waals surface area contributed by atoms with Crippen LogP contribution in [0.3, 0.4) is 0 Å². The van der Waals surface area contributed by atoms with Crippen molar-refractivity contribution in [3.63, 3.8) is 0 Å². The molecule has 23 heavy (non-hydrogen) atoms. The third-order valence-electron chi connectivity index (χ3n) is 4.12. The molecular formula is C17H30N4O2. The molecule has 1 aromatic heterocycles. The second-order valence-corrected chi connectivity index (χ2v) is 7.28. The summed E-state index contributed by atoms with van der Waals surface area (Å²) in [6.45, 7) is 10.3. The lowest BCUT2D eigenvalue weighted by atomic mass is 9.94. The van der Waals surface area contributed by atoms with Gasteiger partial charge in [-0.3, -0.25) is 4.68 Å². The Bertz CT molecular complexity index is 521. The number of carbonyl (C=O) groups is 1. The van der Waals surface area contributed by atoms with E-state index in [9.17, 15) is 4.79 Å². The van der Waals surface area contributed by atoms with E-state index < -0.39 is 5.60 Å². The molecule has 0 bridgehead atoms. The second-order valence-electron chi connectivity index (χ2n) is 7.28. The van der Waals surface area contributed by atoms with Gasteiger partial charge in [0.1, 0.15) is 5.60 Å².